The molecule has 5 nitrogen and oxygen atoms in total. The number of nitriles is 1. The summed E-state index contributed by atoms with van der Waals surface area (Å²) >= 11 is 0. The number of fused-ring (bicyclic) bond motifs is 1. The second kappa shape index (κ2) is 5.25. The van der Waals surface area contributed by atoms with Crippen LogP contribution in [0.4, 0.5) is 0 Å². The van der Waals surface area contributed by atoms with E-state index in [1.54, 1.807) is 12.3 Å². The molecule has 3 rings (SSSR count). The molecule has 3 aromatic rings. The molecule has 0 aliphatic rings. The average Bonchev–Trinajstić information content (AvgIpc) is 3.05. The zero-order valence-corrected chi connectivity index (χ0v) is 11.7. The fourth-order valence-electron chi connectivity index (χ4n) is 2.41. The molecule has 0 spiro atoms. The van der Waals surface area contributed by atoms with E-state index >= 15 is 0 Å². The molecule has 2 heterocycles. The van der Waals surface area contributed by atoms with Crippen LogP contribution in [0.25, 0.3) is 11.0 Å². The Morgan fingerprint density at radius 3 is 2.86 bits per heavy atom. The molecule has 0 aliphatic heterocycles. The van der Waals surface area contributed by atoms with E-state index in [4.69, 9.17) is 5.26 Å². The quantitative estimate of drug-likeness (QED) is 0.688. The fourth-order valence-corrected chi connectivity index (χ4v) is 2.41. The standard InChI is InChI=1S/C16H14N4O/c1-19-9-7-12(10-19)15(21)11-20-14-5-3-2-4-13(14)18-16(20)6-8-17/h2-5,7,9-10H,6,11H2,1H3. The summed E-state index contributed by atoms with van der Waals surface area (Å²) in [4.78, 5) is 16.8. The Kier molecular flexibility index (Phi) is 3.28. The van der Waals surface area contributed by atoms with E-state index in [9.17, 15) is 4.79 Å². The smallest absolute Gasteiger partial charge is 0.184 e. The second-order valence-corrected chi connectivity index (χ2v) is 4.93. The van der Waals surface area contributed by atoms with Gasteiger partial charge in [-0.1, -0.05) is 12.1 Å². The lowest BCUT2D eigenvalue weighted by atomic mass is 10.2. The summed E-state index contributed by atoms with van der Waals surface area (Å²) in [6.45, 7) is 0.196. The molecule has 1 aromatic carbocycles. The molecule has 0 radical (unpaired) electrons. The number of Topliss-reactive ketones (excluding diaryl/α,β-unsaturated/α-hetero) is 1. The van der Waals surface area contributed by atoms with Gasteiger partial charge in [0.2, 0.25) is 0 Å². The van der Waals surface area contributed by atoms with Gasteiger partial charge in [-0.2, -0.15) is 5.26 Å². The number of hydrogen-bond donors (Lipinski definition) is 0. The molecule has 0 aliphatic carbocycles. The van der Waals surface area contributed by atoms with Gasteiger partial charge in [0.25, 0.3) is 0 Å². The maximum Gasteiger partial charge on any atom is 0.184 e. The largest absolute Gasteiger partial charge is 0.357 e. The molecule has 0 unspecified atom stereocenters. The van der Waals surface area contributed by atoms with Crippen molar-refractivity contribution in [2.45, 2.75) is 13.0 Å². The second-order valence-electron chi connectivity index (χ2n) is 4.93. The van der Waals surface area contributed by atoms with Crippen LogP contribution in [0.1, 0.15) is 16.2 Å². The number of nitrogens with zero attached hydrogens (tertiary/aromatic N) is 4. The van der Waals surface area contributed by atoms with Gasteiger partial charge in [0.15, 0.2) is 5.78 Å². The van der Waals surface area contributed by atoms with Crippen LogP contribution in [-0.4, -0.2) is 19.9 Å². The number of hydrogen-bond acceptors (Lipinski definition) is 3. The van der Waals surface area contributed by atoms with E-state index in [1.165, 1.54) is 0 Å². The first-order valence-electron chi connectivity index (χ1n) is 6.65. The molecule has 0 saturated heterocycles. The number of ketones is 1. The lowest BCUT2D eigenvalue weighted by Gasteiger charge is -2.06. The lowest BCUT2D eigenvalue weighted by Crippen LogP contribution is -2.12. The average molecular weight is 278 g/mol. The summed E-state index contributed by atoms with van der Waals surface area (Å²) in [6, 6.07) is 11.5. The predicted molar refractivity (Wildman–Crippen MR) is 78.8 cm³/mol. The number of rotatable bonds is 4. The number of imidazole rings is 1. The van der Waals surface area contributed by atoms with Crippen LogP contribution in [0.2, 0.25) is 0 Å². The Balaban J connectivity index is 2.01. The van der Waals surface area contributed by atoms with Crippen LogP contribution < -0.4 is 0 Å². The highest BCUT2D eigenvalue weighted by molar-refractivity contribution is 5.96. The van der Waals surface area contributed by atoms with Crippen molar-refractivity contribution in [1.29, 1.82) is 5.26 Å². The monoisotopic (exact) mass is 278 g/mol. The first-order valence-corrected chi connectivity index (χ1v) is 6.65. The summed E-state index contributed by atoms with van der Waals surface area (Å²) in [5, 5.41) is 8.93. The van der Waals surface area contributed by atoms with Gasteiger partial charge < -0.3 is 9.13 Å². The summed E-state index contributed by atoms with van der Waals surface area (Å²) in [5.41, 5.74) is 2.36. The molecule has 104 valence electrons. The Labute approximate surface area is 122 Å². The molecule has 0 N–H and O–H groups in total. The van der Waals surface area contributed by atoms with Crippen molar-refractivity contribution in [3.63, 3.8) is 0 Å². The third-order valence-electron chi connectivity index (χ3n) is 3.43. The van der Waals surface area contributed by atoms with Crippen LogP contribution >= 0.6 is 0 Å². The minimum absolute atomic E-state index is 0.0120. The summed E-state index contributed by atoms with van der Waals surface area (Å²) < 4.78 is 3.67. The molecule has 0 atom stereocenters. The molecule has 0 amide bonds. The van der Waals surface area contributed by atoms with Crippen molar-refractivity contribution >= 4 is 16.8 Å². The highest BCUT2D eigenvalue weighted by Gasteiger charge is 2.14. The Hall–Kier alpha value is -2.87. The molecule has 2 aromatic heterocycles. The van der Waals surface area contributed by atoms with Crippen LogP contribution in [0, 0.1) is 11.3 Å². The van der Waals surface area contributed by atoms with Gasteiger partial charge in [-0.15, -0.1) is 0 Å². The van der Waals surface area contributed by atoms with E-state index in [0.717, 1.165) is 11.0 Å². The zero-order valence-electron chi connectivity index (χ0n) is 11.7. The van der Waals surface area contributed by atoms with Crippen LogP contribution in [0.3, 0.4) is 0 Å². The third kappa shape index (κ3) is 2.43. The van der Waals surface area contributed by atoms with E-state index in [-0.39, 0.29) is 18.7 Å². The Morgan fingerprint density at radius 1 is 1.33 bits per heavy atom. The lowest BCUT2D eigenvalue weighted by molar-refractivity contribution is 0.0972. The number of benzene rings is 1. The number of carbonyl (C=O) groups is 1. The van der Waals surface area contributed by atoms with Crippen molar-refractivity contribution < 1.29 is 4.79 Å². The molecule has 5 heteroatoms. The highest BCUT2D eigenvalue weighted by atomic mass is 16.1. The number of aryl methyl sites for hydroxylation is 1. The van der Waals surface area contributed by atoms with Gasteiger partial charge in [-0.3, -0.25) is 4.79 Å². The molecular formula is C16H14N4O. The fraction of sp³-hybridized carbons (Fsp3) is 0.188. The third-order valence-corrected chi connectivity index (χ3v) is 3.43. The Morgan fingerprint density at radius 2 is 2.14 bits per heavy atom. The molecule has 21 heavy (non-hydrogen) atoms. The van der Waals surface area contributed by atoms with Crippen LogP contribution in [0.5, 0.6) is 0 Å². The van der Waals surface area contributed by atoms with Gasteiger partial charge in [0.05, 0.1) is 30.1 Å². The number of aromatic nitrogens is 3. The maximum absolute atomic E-state index is 12.4. The number of carbonyl (C=O) groups excluding carboxylic acids is 1. The van der Waals surface area contributed by atoms with Crippen molar-refractivity contribution in [1.82, 2.24) is 14.1 Å². The number of para-hydroxylation sites is 2. The van der Waals surface area contributed by atoms with E-state index in [0.29, 0.717) is 11.4 Å². The first-order chi connectivity index (χ1) is 10.2. The topological polar surface area (TPSA) is 63.6 Å². The minimum Gasteiger partial charge on any atom is -0.357 e. The van der Waals surface area contributed by atoms with Crippen molar-refractivity contribution in [2.24, 2.45) is 7.05 Å². The van der Waals surface area contributed by atoms with Crippen LogP contribution in [0.15, 0.2) is 42.7 Å². The molecule has 0 saturated carbocycles. The van der Waals surface area contributed by atoms with Crippen LogP contribution in [-0.2, 0) is 20.0 Å². The van der Waals surface area contributed by atoms with Gasteiger partial charge in [0.1, 0.15) is 5.82 Å². The molecule has 0 bridgehead atoms. The van der Waals surface area contributed by atoms with E-state index in [2.05, 4.69) is 11.1 Å². The molecule has 0 fully saturated rings. The van der Waals surface area contributed by atoms with Gasteiger partial charge >= 0.3 is 0 Å². The van der Waals surface area contributed by atoms with Gasteiger partial charge in [-0.05, 0) is 18.2 Å². The summed E-state index contributed by atoms with van der Waals surface area (Å²) in [6.07, 6.45) is 3.83. The van der Waals surface area contributed by atoms with E-state index < -0.39 is 0 Å². The summed E-state index contributed by atoms with van der Waals surface area (Å²) in [5.74, 6) is 0.640. The Bertz CT molecular complexity index is 851. The van der Waals surface area contributed by atoms with E-state index in [1.807, 2.05) is 46.6 Å². The van der Waals surface area contributed by atoms with Gasteiger partial charge in [-0.25, -0.2) is 4.98 Å². The minimum atomic E-state index is 0.0120. The SMILES string of the molecule is Cn1ccc(C(=O)Cn2c(CC#N)nc3ccccc32)c1. The predicted octanol–water partition coefficient (Wildman–Crippen LogP) is 2.32. The molecular weight excluding hydrogens is 264 g/mol. The van der Waals surface area contributed by atoms with Crippen molar-refractivity contribution in [3.05, 3.63) is 54.1 Å². The summed E-state index contributed by atoms with van der Waals surface area (Å²) in [7, 11) is 1.88. The van der Waals surface area contributed by atoms with Crippen molar-refractivity contribution in [2.75, 3.05) is 0 Å². The highest BCUT2D eigenvalue weighted by Crippen LogP contribution is 2.17. The first kappa shape index (κ1) is 13.1. The van der Waals surface area contributed by atoms with Gasteiger partial charge in [0, 0.05) is 25.0 Å². The maximum atomic E-state index is 12.4. The zero-order chi connectivity index (χ0) is 14.8. The normalized spacial score (nSPS) is 10.7. The van der Waals surface area contributed by atoms with Crippen molar-refractivity contribution in [3.8, 4) is 6.07 Å².